The minimum absolute atomic E-state index is 0.711. The van der Waals surface area contributed by atoms with Crippen LogP contribution in [0, 0.1) is 6.92 Å². The van der Waals surface area contributed by atoms with E-state index in [1.807, 2.05) is 31.5 Å². The predicted molar refractivity (Wildman–Crippen MR) is 73.7 cm³/mol. The van der Waals surface area contributed by atoms with Crippen LogP contribution in [0.5, 0.6) is 0 Å². The van der Waals surface area contributed by atoms with Gasteiger partial charge < -0.3 is 5.32 Å². The molecule has 0 aliphatic carbocycles. The van der Waals surface area contributed by atoms with Gasteiger partial charge in [0.1, 0.15) is 5.01 Å². The van der Waals surface area contributed by atoms with E-state index < -0.39 is 0 Å². The number of nitrogens with zero attached hydrogens (tertiary/aromatic N) is 3. The van der Waals surface area contributed by atoms with Gasteiger partial charge in [-0.1, -0.05) is 35.6 Å². The summed E-state index contributed by atoms with van der Waals surface area (Å²) < 4.78 is 0. The van der Waals surface area contributed by atoms with Crippen molar-refractivity contribution in [3.8, 4) is 0 Å². The molecular formula is C13H12N4S. The average Bonchev–Trinajstić information content (AvgIpc) is 2.82. The van der Waals surface area contributed by atoms with Gasteiger partial charge in [-0.2, -0.15) is 0 Å². The SMILES string of the molecule is Cc1nnc(NCc2cncc3ccccc23)s1. The molecule has 0 unspecified atom stereocenters. The summed E-state index contributed by atoms with van der Waals surface area (Å²) in [5, 5.41) is 15.5. The topological polar surface area (TPSA) is 50.7 Å². The molecule has 0 fully saturated rings. The summed E-state index contributed by atoms with van der Waals surface area (Å²) in [5.74, 6) is 0. The summed E-state index contributed by atoms with van der Waals surface area (Å²) in [6.07, 6.45) is 3.77. The van der Waals surface area contributed by atoms with Gasteiger partial charge in [0.25, 0.3) is 0 Å². The maximum atomic E-state index is 4.26. The zero-order valence-corrected chi connectivity index (χ0v) is 10.7. The summed E-state index contributed by atoms with van der Waals surface area (Å²) in [6.45, 7) is 2.66. The van der Waals surface area contributed by atoms with E-state index in [1.54, 1.807) is 11.3 Å². The van der Waals surface area contributed by atoms with Crippen LogP contribution in [0.15, 0.2) is 36.7 Å². The summed E-state index contributed by atoms with van der Waals surface area (Å²) >= 11 is 1.56. The lowest BCUT2D eigenvalue weighted by atomic mass is 10.1. The second kappa shape index (κ2) is 4.70. The van der Waals surface area contributed by atoms with Crippen LogP contribution in [0.1, 0.15) is 10.6 Å². The Labute approximate surface area is 109 Å². The van der Waals surface area contributed by atoms with Crippen molar-refractivity contribution in [1.29, 1.82) is 0 Å². The van der Waals surface area contributed by atoms with Gasteiger partial charge in [-0.3, -0.25) is 4.98 Å². The van der Waals surface area contributed by atoms with Gasteiger partial charge in [-0.15, -0.1) is 10.2 Å². The molecular weight excluding hydrogens is 244 g/mol. The number of hydrogen-bond donors (Lipinski definition) is 1. The number of anilines is 1. The molecule has 1 aromatic carbocycles. The standard InChI is InChI=1S/C13H12N4S/c1-9-16-17-13(18-9)15-8-11-7-14-6-10-4-2-3-5-12(10)11/h2-7H,8H2,1H3,(H,15,17). The highest BCUT2D eigenvalue weighted by molar-refractivity contribution is 7.15. The smallest absolute Gasteiger partial charge is 0.205 e. The maximum absolute atomic E-state index is 4.26. The first-order valence-corrected chi connectivity index (χ1v) is 6.50. The molecule has 0 bridgehead atoms. The van der Waals surface area contributed by atoms with Crippen molar-refractivity contribution in [3.05, 3.63) is 47.2 Å². The van der Waals surface area contributed by atoms with E-state index in [4.69, 9.17) is 0 Å². The fourth-order valence-electron chi connectivity index (χ4n) is 1.86. The molecule has 0 atom stereocenters. The largest absolute Gasteiger partial charge is 0.356 e. The second-order valence-corrected chi connectivity index (χ2v) is 5.18. The lowest BCUT2D eigenvalue weighted by Crippen LogP contribution is -2.00. The highest BCUT2D eigenvalue weighted by Crippen LogP contribution is 2.19. The molecule has 1 N–H and O–H groups in total. The van der Waals surface area contributed by atoms with Crippen LogP contribution in [0.2, 0.25) is 0 Å². The molecule has 5 heteroatoms. The third-order valence-electron chi connectivity index (χ3n) is 2.71. The van der Waals surface area contributed by atoms with Crippen LogP contribution in [-0.2, 0) is 6.54 Å². The molecule has 3 aromatic rings. The average molecular weight is 256 g/mol. The fourth-order valence-corrected chi connectivity index (χ4v) is 2.45. The Bertz CT molecular complexity index is 672. The van der Waals surface area contributed by atoms with Crippen LogP contribution < -0.4 is 5.32 Å². The zero-order valence-electron chi connectivity index (χ0n) is 9.92. The van der Waals surface area contributed by atoms with E-state index in [9.17, 15) is 0 Å². The first-order valence-electron chi connectivity index (χ1n) is 5.68. The summed E-state index contributed by atoms with van der Waals surface area (Å²) in [6, 6.07) is 8.25. The van der Waals surface area contributed by atoms with E-state index in [0.29, 0.717) is 6.54 Å². The van der Waals surface area contributed by atoms with Gasteiger partial charge in [0.15, 0.2) is 0 Å². The molecule has 2 aromatic heterocycles. The number of pyridine rings is 1. The molecule has 0 aliphatic heterocycles. The van der Waals surface area contributed by atoms with Crippen molar-refractivity contribution in [2.24, 2.45) is 0 Å². The van der Waals surface area contributed by atoms with Crippen LogP contribution >= 0.6 is 11.3 Å². The number of rotatable bonds is 3. The van der Waals surface area contributed by atoms with E-state index in [1.165, 1.54) is 10.9 Å². The number of aryl methyl sites for hydroxylation is 1. The van der Waals surface area contributed by atoms with Gasteiger partial charge in [-0.25, -0.2) is 0 Å². The minimum atomic E-state index is 0.711. The van der Waals surface area contributed by atoms with E-state index in [0.717, 1.165) is 15.5 Å². The van der Waals surface area contributed by atoms with E-state index in [2.05, 4.69) is 32.6 Å². The molecule has 4 nitrogen and oxygen atoms in total. The minimum Gasteiger partial charge on any atom is -0.356 e. The number of aromatic nitrogens is 3. The number of hydrogen-bond acceptors (Lipinski definition) is 5. The molecule has 0 spiro atoms. The third-order valence-corrected chi connectivity index (χ3v) is 3.50. The Morgan fingerprint density at radius 3 is 2.89 bits per heavy atom. The monoisotopic (exact) mass is 256 g/mol. The van der Waals surface area contributed by atoms with E-state index >= 15 is 0 Å². The van der Waals surface area contributed by atoms with Crippen LogP contribution in [-0.4, -0.2) is 15.2 Å². The summed E-state index contributed by atoms with van der Waals surface area (Å²) in [4.78, 5) is 4.26. The normalized spacial score (nSPS) is 10.7. The highest BCUT2D eigenvalue weighted by Gasteiger charge is 2.03. The second-order valence-electron chi connectivity index (χ2n) is 4.00. The Morgan fingerprint density at radius 1 is 1.17 bits per heavy atom. The lowest BCUT2D eigenvalue weighted by Gasteiger charge is -2.06. The van der Waals surface area contributed by atoms with Crippen molar-refractivity contribution in [1.82, 2.24) is 15.2 Å². The number of nitrogens with one attached hydrogen (secondary N) is 1. The molecule has 0 amide bonds. The number of benzene rings is 1. The molecule has 2 heterocycles. The molecule has 90 valence electrons. The molecule has 0 aliphatic rings. The highest BCUT2D eigenvalue weighted by atomic mass is 32.1. The summed E-state index contributed by atoms with van der Waals surface area (Å²) in [5.41, 5.74) is 1.17. The Kier molecular flexibility index (Phi) is 2.90. The van der Waals surface area contributed by atoms with Crippen molar-refractivity contribution in [3.63, 3.8) is 0 Å². The van der Waals surface area contributed by atoms with Crippen LogP contribution in [0.25, 0.3) is 10.8 Å². The summed E-state index contributed by atoms with van der Waals surface area (Å²) in [7, 11) is 0. The van der Waals surface area contributed by atoms with Gasteiger partial charge in [0.2, 0.25) is 5.13 Å². The van der Waals surface area contributed by atoms with Crippen molar-refractivity contribution >= 4 is 27.2 Å². The van der Waals surface area contributed by atoms with E-state index in [-0.39, 0.29) is 0 Å². The molecule has 0 radical (unpaired) electrons. The molecule has 0 saturated heterocycles. The lowest BCUT2D eigenvalue weighted by molar-refractivity contribution is 1.02. The quantitative estimate of drug-likeness (QED) is 0.782. The van der Waals surface area contributed by atoms with Crippen molar-refractivity contribution in [2.75, 3.05) is 5.32 Å². The van der Waals surface area contributed by atoms with Gasteiger partial charge in [-0.05, 0) is 17.9 Å². The maximum Gasteiger partial charge on any atom is 0.205 e. The zero-order chi connectivity index (χ0) is 12.4. The van der Waals surface area contributed by atoms with Gasteiger partial charge in [0, 0.05) is 24.3 Å². The molecule has 18 heavy (non-hydrogen) atoms. The Hall–Kier alpha value is -2.01. The van der Waals surface area contributed by atoms with Crippen LogP contribution in [0.3, 0.4) is 0 Å². The molecule has 3 rings (SSSR count). The Balaban J connectivity index is 1.86. The fraction of sp³-hybridized carbons (Fsp3) is 0.154. The Morgan fingerprint density at radius 2 is 2.06 bits per heavy atom. The third kappa shape index (κ3) is 2.17. The van der Waals surface area contributed by atoms with Crippen molar-refractivity contribution in [2.45, 2.75) is 13.5 Å². The molecule has 0 saturated carbocycles. The first-order chi connectivity index (χ1) is 8.83. The van der Waals surface area contributed by atoms with Crippen LogP contribution in [0.4, 0.5) is 5.13 Å². The van der Waals surface area contributed by atoms with Gasteiger partial charge in [0.05, 0.1) is 0 Å². The van der Waals surface area contributed by atoms with Gasteiger partial charge >= 0.3 is 0 Å². The first kappa shape index (κ1) is 11.1. The predicted octanol–water partition coefficient (Wildman–Crippen LogP) is 3.01. The number of fused-ring (bicyclic) bond motifs is 1. The van der Waals surface area contributed by atoms with Crippen molar-refractivity contribution < 1.29 is 0 Å².